The van der Waals surface area contributed by atoms with Gasteiger partial charge < -0.3 is 94.4 Å². The average molecular weight is 921 g/mol. The van der Waals surface area contributed by atoms with E-state index in [2.05, 4.69) is 20.8 Å². The standard InChI is InChI=1S/C45H76O19/c1-19(18-58-40-37(55)34(52)31(49)27(15-46)60-40)7-12-45(57)20(2)30-26(64-45)14-25-23-6-5-21-13-22(8-10-43(21,3)24(23)9-11-44(25,30)4)59-42-39(36(54)33(51)29(17-48)62-42)63-41-38(56)35(53)32(50)28(16-47)61-41/h19-42,46-57H,5-18H2,1-4H3/t19-,20-,21+,22-,23+,24-,25-,26-,27+,28+,29+,30-,31+,32?,33-,34-,35-,36-,37+,38?,39+,40+,41-,42+,43-,44-,45?/m0/s1. The third kappa shape index (κ3) is 8.65. The molecule has 64 heavy (non-hydrogen) atoms. The minimum Gasteiger partial charge on any atom is -0.394 e. The van der Waals surface area contributed by atoms with Gasteiger partial charge in [-0.3, -0.25) is 0 Å². The largest absolute Gasteiger partial charge is 0.394 e. The first-order chi connectivity index (χ1) is 30.3. The molecule has 4 aliphatic heterocycles. The van der Waals surface area contributed by atoms with Gasteiger partial charge in [-0.05, 0) is 104 Å². The van der Waals surface area contributed by atoms with E-state index in [9.17, 15) is 61.3 Å². The highest BCUT2D eigenvalue weighted by Gasteiger charge is 2.68. The van der Waals surface area contributed by atoms with E-state index in [-0.39, 0.29) is 47.4 Å². The van der Waals surface area contributed by atoms with Gasteiger partial charge in [0.2, 0.25) is 0 Å². The minimum absolute atomic E-state index is 0.00000712. The van der Waals surface area contributed by atoms with Crippen LogP contribution < -0.4 is 0 Å². The van der Waals surface area contributed by atoms with Crippen LogP contribution in [-0.2, 0) is 33.2 Å². The van der Waals surface area contributed by atoms with Crippen LogP contribution >= 0.6 is 0 Å². The van der Waals surface area contributed by atoms with Gasteiger partial charge >= 0.3 is 0 Å². The van der Waals surface area contributed by atoms with Crippen molar-refractivity contribution in [1.82, 2.24) is 0 Å². The fourth-order valence-corrected chi connectivity index (χ4v) is 14.2. The van der Waals surface area contributed by atoms with Crippen LogP contribution in [-0.4, -0.2) is 198 Å². The Morgan fingerprint density at radius 2 is 1.20 bits per heavy atom. The van der Waals surface area contributed by atoms with E-state index in [4.69, 9.17) is 33.2 Å². The molecule has 0 aromatic heterocycles. The second-order valence-corrected chi connectivity index (χ2v) is 21.5. The Labute approximate surface area is 374 Å². The molecule has 12 N–H and O–H groups in total. The quantitative estimate of drug-likeness (QED) is 0.0909. The van der Waals surface area contributed by atoms with Gasteiger partial charge in [-0.15, -0.1) is 0 Å². The first kappa shape index (κ1) is 49.7. The molecule has 370 valence electrons. The molecule has 3 unspecified atom stereocenters. The van der Waals surface area contributed by atoms with Crippen molar-refractivity contribution >= 4 is 0 Å². The molecule has 8 aliphatic rings. The van der Waals surface area contributed by atoms with Crippen LogP contribution in [0.25, 0.3) is 0 Å². The molecule has 0 aromatic rings. The first-order valence-electron chi connectivity index (χ1n) is 23.9. The predicted octanol–water partition coefficient (Wildman–Crippen LogP) is -1.78. The van der Waals surface area contributed by atoms with Crippen molar-refractivity contribution in [3.8, 4) is 0 Å². The molecule has 27 atom stereocenters. The summed E-state index contributed by atoms with van der Waals surface area (Å²) in [5.74, 6) is 0.532. The molecule has 4 heterocycles. The summed E-state index contributed by atoms with van der Waals surface area (Å²) in [7, 11) is 0. The lowest BCUT2D eigenvalue weighted by atomic mass is 9.44. The summed E-state index contributed by atoms with van der Waals surface area (Å²) in [5, 5.41) is 125. The van der Waals surface area contributed by atoms with E-state index in [1.807, 2.05) is 6.92 Å². The van der Waals surface area contributed by atoms with Crippen molar-refractivity contribution in [2.45, 2.75) is 202 Å². The third-order valence-corrected chi connectivity index (χ3v) is 18.0. The molecule has 0 radical (unpaired) electrons. The number of fused-ring (bicyclic) bond motifs is 7. The summed E-state index contributed by atoms with van der Waals surface area (Å²) in [6, 6.07) is 0. The fraction of sp³-hybridized carbons (Fsp3) is 1.00. The van der Waals surface area contributed by atoms with E-state index in [1.54, 1.807) is 0 Å². The first-order valence-corrected chi connectivity index (χ1v) is 23.9. The molecule has 8 rings (SSSR count). The van der Waals surface area contributed by atoms with Crippen molar-refractivity contribution in [3.05, 3.63) is 0 Å². The molecule has 0 amide bonds. The van der Waals surface area contributed by atoms with Crippen LogP contribution in [0.3, 0.4) is 0 Å². The monoisotopic (exact) mass is 920 g/mol. The van der Waals surface area contributed by atoms with Gasteiger partial charge in [-0.2, -0.15) is 0 Å². The van der Waals surface area contributed by atoms with E-state index in [1.165, 1.54) is 0 Å². The number of rotatable bonds is 13. The molecular weight excluding hydrogens is 844 g/mol. The van der Waals surface area contributed by atoms with Gasteiger partial charge in [0.25, 0.3) is 0 Å². The lowest BCUT2D eigenvalue weighted by Crippen LogP contribution is -2.65. The summed E-state index contributed by atoms with van der Waals surface area (Å²) >= 11 is 0. The SMILES string of the molecule is C[C@@H](CCC1(O)O[C@H]2C[C@H]3[C@@H]4CC[C@@H]5C[C@@H](O[C@@H]6O[C@H](CO)[C@H](O)[C@H](O)[C@H]6O[C@@H]6O[C@H](CO)C(O)[C@H](O)C6O)CC[C@]5(C)[C@H]4CC[C@]3(C)[C@H]2[C@@H]1C)CO[C@@H]1O[C@H](CO)[C@@H](O)[C@H](O)[C@H]1O. The topological polar surface area (TPSA) is 307 Å². The Balaban J connectivity index is 0.869. The highest BCUT2D eigenvalue weighted by molar-refractivity contribution is 5.15. The number of aliphatic hydroxyl groups is 12. The average Bonchev–Trinajstić information content (AvgIpc) is 3.71. The second-order valence-electron chi connectivity index (χ2n) is 21.5. The number of aliphatic hydroxyl groups excluding tert-OH is 11. The molecule has 0 aromatic carbocycles. The van der Waals surface area contributed by atoms with E-state index >= 15 is 0 Å². The summed E-state index contributed by atoms with van der Waals surface area (Å²) < 4.78 is 42.0. The molecule has 0 spiro atoms. The highest BCUT2D eigenvalue weighted by Crippen LogP contribution is 2.71. The van der Waals surface area contributed by atoms with Crippen molar-refractivity contribution in [1.29, 1.82) is 0 Å². The van der Waals surface area contributed by atoms with Crippen LogP contribution in [0, 0.1) is 52.3 Å². The lowest BCUT2D eigenvalue weighted by molar-refractivity contribution is -0.373. The fourth-order valence-electron chi connectivity index (χ4n) is 14.2. The summed E-state index contributed by atoms with van der Waals surface area (Å²) in [4.78, 5) is 0. The zero-order valence-corrected chi connectivity index (χ0v) is 37.5. The van der Waals surface area contributed by atoms with Crippen molar-refractivity contribution in [2.75, 3.05) is 26.4 Å². The molecule has 8 fully saturated rings. The summed E-state index contributed by atoms with van der Waals surface area (Å²) in [5.41, 5.74) is 0.0475. The Morgan fingerprint density at radius 1 is 0.625 bits per heavy atom. The van der Waals surface area contributed by atoms with Crippen molar-refractivity contribution in [2.24, 2.45) is 52.3 Å². The zero-order chi connectivity index (χ0) is 46.2. The van der Waals surface area contributed by atoms with E-state index in [0.29, 0.717) is 42.9 Å². The maximum Gasteiger partial charge on any atom is 0.187 e. The van der Waals surface area contributed by atoms with Gasteiger partial charge in [0.1, 0.15) is 73.2 Å². The Hall–Kier alpha value is -0.760. The Morgan fingerprint density at radius 3 is 1.84 bits per heavy atom. The highest BCUT2D eigenvalue weighted by atomic mass is 16.8. The molecule has 4 saturated heterocycles. The Bertz CT molecular complexity index is 1560. The van der Waals surface area contributed by atoms with E-state index in [0.717, 1.165) is 44.9 Å². The smallest absolute Gasteiger partial charge is 0.187 e. The normalized spacial score (nSPS) is 55.6. The van der Waals surface area contributed by atoms with Crippen LogP contribution in [0.5, 0.6) is 0 Å². The van der Waals surface area contributed by atoms with Gasteiger partial charge in [-0.25, -0.2) is 0 Å². The maximum absolute atomic E-state index is 12.1. The summed E-state index contributed by atoms with van der Waals surface area (Å²) in [6.07, 6.45) is -13.7. The van der Waals surface area contributed by atoms with Gasteiger partial charge in [-0.1, -0.05) is 27.7 Å². The maximum atomic E-state index is 12.1. The second kappa shape index (κ2) is 19.2. The van der Waals surface area contributed by atoms with Crippen LogP contribution in [0.15, 0.2) is 0 Å². The predicted molar refractivity (Wildman–Crippen MR) is 219 cm³/mol. The summed E-state index contributed by atoms with van der Waals surface area (Å²) in [6.45, 7) is 7.28. The lowest BCUT2D eigenvalue weighted by Gasteiger charge is -2.61. The van der Waals surface area contributed by atoms with Gasteiger partial charge in [0, 0.05) is 12.3 Å². The molecule has 0 bridgehead atoms. The Kier molecular flexibility index (Phi) is 14.9. The van der Waals surface area contributed by atoms with Crippen LogP contribution in [0.2, 0.25) is 0 Å². The van der Waals surface area contributed by atoms with Crippen LogP contribution in [0.1, 0.15) is 91.9 Å². The number of ether oxygens (including phenoxy) is 7. The van der Waals surface area contributed by atoms with Crippen molar-refractivity contribution < 1.29 is 94.4 Å². The minimum atomic E-state index is -1.75. The van der Waals surface area contributed by atoms with E-state index < -0.39 is 118 Å². The molecule has 4 saturated carbocycles. The molecular formula is C45H76O19. The molecule has 19 nitrogen and oxygen atoms in total. The van der Waals surface area contributed by atoms with Crippen molar-refractivity contribution in [3.63, 3.8) is 0 Å². The van der Waals surface area contributed by atoms with Crippen LogP contribution in [0.4, 0.5) is 0 Å². The van der Waals surface area contributed by atoms with Gasteiger partial charge in [0.15, 0.2) is 24.7 Å². The van der Waals surface area contributed by atoms with Gasteiger partial charge in [0.05, 0.1) is 38.6 Å². The molecule has 4 aliphatic carbocycles. The number of hydrogen-bond acceptors (Lipinski definition) is 19. The number of hydrogen-bond donors (Lipinski definition) is 12. The third-order valence-electron chi connectivity index (χ3n) is 18.0. The zero-order valence-electron chi connectivity index (χ0n) is 37.5. The molecule has 19 heteroatoms.